The zero-order valence-electron chi connectivity index (χ0n) is 14.2. The van der Waals surface area contributed by atoms with Gasteiger partial charge < -0.3 is 19.4 Å². The van der Waals surface area contributed by atoms with E-state index in [9.17, 15) is 4.79 Å². The zero-order chi connectivity index (χ0) is 16.6. The molecule has 3 rings (SSSR count). The number of aryl methyl sites for hydroxylation is 3. The van der Waals surface area contributed by atoms with Gasteiger partial charge in [-0.05, 0) is 38.0 Å². The Labute approximate surface area is 136 Å². The van der Waals surface area contributed by atoms with Crippen molar-refractivity contribution in [2.45, 2.75) is 26.9 Å². The van der Waals surface area contributed by atoms with Crippen molar-refractivity contribution in [3.63, 3.8) is 0 Å². The lowest BCUT2D eigenvalue weighted by Gasteiger charge is -2.27. The summed E-state index contributed by atoms with van der Waals surface area (Å²) in [6, 6.07) is 4.26. The van der Waals surface area contributed by atoms with Crippen LogP contribution in [-0.2, 0) is 9.47 Å². The summed E-state index contributed by atoms with van der Waals surface area (Å²) >= 11 is 0. The third kappa shape index (κ3) is 3.12. The summed E-state index contributed by atoms with van der Waals surface area (Å²) in [5.41, 5.74) is 5.07. The summed E-state index contributed by atoms with van der Waals surface area (Å²) in [6.07, 6.45) is -0.0497. The second-order valence-electron chi connectivity index (χ2n) is 6.38. The minimum absolute atomic E-state index is 0.00933. The molecule has 1 atom stereocenters. The second kappa shape index (κ2) is 6.34. The molecule has 0 spiro atoms. The normalized spacial score (nSPS) is 18.3. The molecule has 1 aromatic heterocycles. The highest BCUT2D eigenvalue weighted by Crippen LogP contribution is 2.26. The molecule has 124 valence electrons. The van der Waals surface area contributed by atoms with Gasteiger partial charge >= 0.3 is 0 Å². The number of benzene rings is 1. The molecule has 1 saturated heterocycles. The lowest BCUT2D eigenvalue weighted by Crippen LogP contribution is -2.41. The molecule has 5 nitrogen and oxygen atoms in total. The monoisotopic (exact) mass is 316 g/mol. The van der Waals surface area contributed by atoms with Crippen molar-refractivity contribution >= 4 is 16.8 Å². The number of rotatable bonds is 3. The maximum absolute atomic E-state index is 12.8. The van der Waals surface area contributed by atoms with E-state index in [1.807, 2.05) is 14.0 Å². The van der Waals surface area contributed by atoms with E-state index in [-0.39, 0.29) is 12.0 Å². The van der Waals surface area contributed by atoms with Crippen LogP contribution in [0.1, 0.15) is 27.2 Å². The van der Waals surface area contributed by atoms with Gasteiger partial charge in [-0.15, -0.1) is 0 Å². The fourth-order valence-corrected chi connectivity index (χ4v) is 3.22. The van der Waals surface area contributed by atoms with Gasteiger partial charge in [0.1, 0.15) is 5.69 Å². The number of likely N-dealkylation sites (N-methyl/N-ethyl adjacent to an activating group) is 1. The van der Waals surface area contributed by atoms with Gasteiger partial charge in [0, 0.05) is 24.5 Å². The van der Waals surface area contributed by atoms with Crippen molar-refractivity contribution < 1.29 is 14.3 Å². The van der Waals surface area contributed by atoms with Crippen LogP contribution in [0.4, 0.5) is 0 Å². The van der Waals surface area contributed by atoms with E-state index in [1.165, 1.54) is 5.56 Å². The highest BCUT2D eigenvalue weighted by Gasteiger charge is 2.23. The van der Waals surface area contributed by atoms with Gasteiger partial charge in [0.25, 0.3) is 5.91 Å². The molecule has 5 heteroatoms. The zero-order valence-corrected chi connectivity index (χ0v) is 14.2. The molecule has 23 heavy (non-hydrogen) atoms. The standard InChI is InChI=1S/C18H24N2O3/c1-11-7-12(2)16-15(8-11)13(3)17(19-16)18(21)20(4)9-14-10-22-5-6-23-14/h7-8,14,19H,5-6,9-10H2,1-4H3. The van der Waals surface area contributed by atoms with Crippen LogP contribution in [0.2, 0.25) is 0 Å². The predicted molar refractivity (Wildman–Crippen MR) is 90.0 cm³/mol. The largest absolute Gasteiger partial charge is 0.376 e. The smallest absolute Gasteiger partial charge is 0.270 e. The number of ether oxygens (including phenoxy) is 2. The molecule has 1 aromatic carbocycles. The summed E-state index contributed by atoms with van der Waals surface area (Å²) in [5, 5.41) is 1.12. The van der Waals surface area contributed by atoms with Crippen molar-refractivity contribution in [2.24, 2.45) is 0 Å². The fourth-order valence-electron chi connectivity index (χ4n) is 3.22. The number of aromatic nitrogens is 1. The van der Waals surface area contributed by atoms with Crippen LogP contribution in [0.5, 0.6) is 0 Å². The Morgan fingerprint density at radius 3 is 2.78 bits per heavy atom. The van der Waals surface area contributed by atoms with E-state index in [1.54, 1.807) is 4.90 Å². The first-order valence-corrected chi connectivity index (χ1v) is 8.01. The van der Waals surface area contributed by atoms with Crippen molar-refractivity contribution in [1.82, 2.24) is 9.88 Å². The van der Waals surface area contributed by atoms with Gasteiger partial charge in [0.05, 0.1) is 25.9 Å². The van der Waals surface area contributed by atoms with Crippen LogP contribution in [0.15, 0.2) is 12.1 Å². The Hall–Kier alpha value is -1.85. The molecule has 1 unspecified atom stereocenters. The number of hydrogen-bond donors (Lipinski definition) is 1. The number of H-pyrrole nitrogens is 1. The quantitative estimate of drug-likeness (QED) is 0.947. The van der Waals surface area contributed by atoms with E-state index in [2.05, 4.69) is 31.0 Å². The first-order chi connectivity index (χ1) is 11.0. The molecule has 1 fully saturated rings. The van der Waals surface area contributed by atoms with Crippen LogP contribution < -0.4 is 0 Å². The molecule has 1 amide bonds. The Bertz CT molecular complexity index is 729. The highest BCUT2D eigenvalue weighted by atomic mass is 16.6. The van der Waals surface area contributed by atoms with Crippen LogP contribution in [0, 0.1) is 20.8 Å². The molecule has 0 saturated carbocycles. The molecule has 0 aliphatic carbocycles. The number of hydrogen-bond acceptors (Lipinski definition) is 3. The van der Waals surface area contributed by atoms with Crippen molar-refractivity contribution in [3.05, 3.63) is 34.5 Å². The van der Waals surface area contributed by atoms with Gasteiger partial charge in [-0.3, -0.25) is 4.79 Å². The Kier molecular flexibility index (Phi) is 4.41. The lowest BCUT2D eigenvalue weighted by atomic mass is 10.1. The Balaban J connectivity index is 1.85. The van der Waals surface area contributed by atoms with Crippen LogP contribution in [-0.4, -0.2) is 55.3 Å². The molecular weight excluding hydrogens is 292 g/mol. The topological polar surface area (TPSA) is 54.6 Å². The number of carbonyl (C=O) groups excluding carboxylic acids is 1. The van der Waals surface area contributed by atoms with Crippen molar-refractivity contribution in [3.8, 4) is 0 Å². The summed E-state index contributed by atoms with van der Waals surface area (Å²) in [7, 11) is 1.81. The first kappa shape index (κ1) is 16.0. The van der Waals surface area contributed by atoms with E-state index in [0.29, 0.717) is 32.1 Å². The summed E-state index contributed by atoms with van der Waals surface area (Å²) < 4.78 is 11.0. The summed E-state index contributed by atoms with van der Waals surface area (Å²) in [4.78, 5) is 17.8. The SMILES string of the molecule is Cc1cc(C)c2[nH]c(C(=O)N(C)CC3COCCO3)c(C)c2c1. The third-order valence-electron chi connectivity index (χ3n) is 4.43. The maximum Gasteiger partial charge on any atom is 0.270 e. The number of nitrogens with zero attached hydrogens (tertiary/aromatic N) is 1. The lowest BCUT2D eigenvalue weighted by molar-refractivity contribution is -0.0933. The van der Waals surface area contributed by atoms with Gasteiger partial charge in [-0.1, -0.05) is 11.6 Å². The second-order valence-corrected chi connectivity index (χ2v) is 6.38. The van der Waals surface area contributed by atoms with E-state index in [0.717, 1.165) is 22.0 Å². The van der Waals surface area contributed by atoms with E-state index < -0.39 is 0 Å². The molecule has 1 N–H and O–H groups in total. The number of amides is 1. The summed E-state index contributed by atoms with van der Waals surface area (Å²) in [6.45, 7) is 8.44. The van der Waals surface area contributed by atoms with Crippen molar-refractivity contribution in [2.75, 3.05) is 33.4 Å². The average molecular weight is 316 g/mol. The number of nitrogens with one attached hydrogen (secondary N) is 1. The molecule has 1 aliphatic heterocycles. The maximum atomic E-state index is 12.8. The molecule has 2 heterocycles. The first-order valence-electron chi connectivity index (χ1n) is 8.01. The Morgan fingerprint density at radius 2 is 2.09 bits per heavy atom. The minimum Gasteiger partial charge on any atom is -0.376 e. The summed E-state index contributed by atoms with van der Waals surface area (Å²) in [5.74, 6) is -0.00933. The van der Waals surface area contributed by atoms with Crippen molar-refractivity contribution in [1.29, 1.82) is 0 Å². The highest BCUT2D eigenvalue weighted by molar-refractivity contribution is 6.01. The van der Waals surface area contributed by atoms with Crippen LogP contribution in [0.25, 0.3) is 10.9 Å². The fraction of sp³-hybridized carbons (Fsp3) is 0.500. The Morgan fingerprint density at radius 1 is 1.30 bits per heavy atom. The van der Waals surface area contributed by atoms with Crippen LogP contribution in [0.3, 0.4) is 0 Å². The minimum atomic E-state index is -0.0497. The third-order valence-corrected chi connectivity index (χ3v) is 4.43. The van der Waals surface area contributed by atoms with E-state index in [4.69, 9.17) is 9.47 Å². The van der Waals surface area contributed by atoms with Crippen LogP contribution >= 0.6 is 0 Å². The van der Waals surface area contributed by atoms with Gasteiger partial charge in [0.15, 0.2) is 0 Å². The number of carbonyl (C=O) groups is 1. The molecule has 1 aliphatic rings. The average Bonchev–Trinajstić information content (AvgIpc) is 2.85. The number of aromatic amines is 1. The number of fused-ring (bicyclic) bond motifs is 1. The molecule has 2 aromatic rings. The predicted octanol–water partition coefficient (Wildman–Crippen LogP) is 2.58. The van der Waals surface area contributed by atoms with Gasteiger partial charge in [0.2, 0.25) is 0 Å². The van der Waals surface area contributed by atoms with E-state index >= 15 is 0 Å². The molecular formula is C18H24N2O3. The van der Waals surface area contributed by atoms with Gasteiger partial charge in [-0.2, -0.15) is 0 Å². The van der Waals surface area contributed by atoms with Gasteiger partial charge in [-0.25, -0.2) is 0 Å². The molecule has 0 radical (unpaired) electrons. The molecule has 0 bridgehead atoms.